The smallest absolute Gasteiger partial charge is 0.361 e. The number of carbonyl (C=O) groups excluding carboxylic acids is 1. The zero-order chi connectivity index (χ0) is 13.9. The van der Waals surface area contributed by atoms with Gasteiger partial charge in [0.05, 0.1) is 19.3 Å². The van der Waals surface area contributed by atoms with Crippen LogP contribution in [-0.4, -0.2) is 42.0 Å². The van der Waals surface area contributed by atoms with E-state index in [2.05, 4.69) is 0 Å². The summed E-state index contributed by atoms with van der Waals surface area (Å²) in [6, 6.07) is 10.1. The predicted molar refractivity (Wildman–Crippen MR) is 71.6 cm³/mol. The molecule has 1 aromatic carbocycles. The molecule has 6 nitrogen and oxygen atoms in total. The second-order valence-corrected chi connectivity index (χ2v) is 4.48. The molecule has 6 heteroatoms. The summed E-state index contributed by atoms with van der Waals surface area (Å²) in [5.74, 6) is 0.386. The summed E-state index contributed by atoms with van der Waals surface area (Å²) >= 11 is 0. The van der Waals surface area contributed by atoms with Crippen molar-refractivity contribution in [3.63, 3.8) is 0 Å². The first-order chi connectivity index (χ1) is 9.75. The lowest BCUT2D eigenvalue weighted by Gasteiger charge is -2.25. The summed E-state index contributed by atoms with van der Waals surface area (Å²) in [6.45, 7) is 1.89. The molecule has 0 unspecified atom stereocenters. The molecule has 20 heavy (non-hydrogen) atoms. The van der Waals surface area contributed by atoms with E-state index in [0.717, 1.165) is 10.3 Å². The van der Waals surface area contributed by atoms with Gasteiger partial charge in [-0.05, 0) is 0 Å². The Bertz CT molecular complexity index is 653. The van der Waals surface area contributed by atoms with E-state index in [1.165, 1.54) is 6.07 Å². The maximum absolute atomic E-state index is 12.2. The monoisotopic (exact) mass is 274 g/mol. The van der Waals surface area contributed by atoms with Crippen LogP contribution < -0.4 is 5.56 Å². The lowest BCUT2D eigenvalue weighted by Crippen LogP contribution is -2.44. The van der Waals surface area contributed by atoms with Crippen LogP contribution in [0.1, 0.15) is 0 Å². The topological polar surface area (TPSA) is 64.7 Å². The third-order valence-corrected chi connectivity index (χ3v) is 3.16. The minimum absolute atomic E-state index is 0.386. The maximum Gasteiger partial charge on any atom is 0.361 e. The maximum atomic E-state index is 12.2. The number of hydrogen-bond acceptors (Lipinski definition) is 4. The van der Waals surface area contributed by atoms with Crippen molar-refractivity contribution in [1.29, 1.82) is 0 Å². The number of hydrogen-bond donors (Lipinski definition) is 0. The van der Waals surface area contributed by atoms with Crippen LogP contribution in [0.25, 0.3) is 11.3 Å². The van der Waals surface area contributed by atoms with Crippen LogP contribution in [0.2, 0.25) is 0 Å². The highest BCUT2D eigenvalue weighted by atomic mass is 16.5. The van der Waals surface area contributed by atoms with Gasteiger partial charge in [-0.2, -0.15) is 0 Å². The van der Waals surface area contributed by atoms with E-state index in [-0.39, 0.29) is 0 Å². The van der Waals surface area contributed by atoms with E-state index in [4.69, 9.17) is 9.26 Å². The van der Waals surface area contributed by atoms with Crippen LogP contribution in [0.4, 0.5) is 4.79 Å². The largest absolute Gasteiger partial charge is 0.378 e. The van der Waals surface area contributed by atoms with Crippen molar-refractivity contribution < 1.29 is 14.1 Å². The zero-order valence-electron chi connectivity index (χ0n) is 10.8. The van der Waals surface area contributed by atoms with E-state index in [1.807, 2.05) is 30.3 Å². The second kappa shape index (κ2) is 5.34. The van der Waals surface area contributed by atoms with Gasteiger partial charge in [-0.15, -0.1) is 0 Å². The average molecular weight is 274 g/mol. The lowest BCUT2D eigenvalue weighted by molar-refractivity contribution is 0.0484. The number of aromatic nitrogens is 1. The van der Waals surface area contributed by atoms with Gasteiger partial charge >= 0.3 is 6.03 Å². The molecule has 3 rings (SSSR count). The van der Waals surface area contributed by atoms with Crippen molar-refractivity contribution in [3.05, 3.63) is 46.8 Å². The van der Waals surface area contributed by atoms with E-state index < -0.39 is 11.6 Å². The second-order valence-electron chi connectivity index (χ2n) is 4.48. The molecule has 0 N–H and O–H groups in total. The first-order valence-corrected chi connectivity index (χ1v) is 6.41. The van der Waals surface area contributed by atoms with Gasteiger partial charge in [0.25, 0.3) is 5.56 Å². The Hall–Kier alpha value is -2.34. The fourth-order valence-corrected chi connectivity index (χ4v) is 2.10. The molecular formula is C14H14N2O4. The van der Waals surface area contributed by atoms with Crippen LogP contribution in [-0.2, 0) is 4.74 Å². The van der Waals surface area contributed by atoms with Gasteiger partial charge in [-0.3, -0.25) is 4.79 Å². The summed E-state index contributed by atoms with van der Waals surface area (Å²) < 4.78 is 11.4. The Morgan fingerprint density at radius 2 is 1.80 bits per heavy atom. The van der Waals surface area contributed by atoms with Crippen LogP contribution in [0.5, 0.6) is 0 Å². The van der Waals surface area contributed by atoms with Gasteiger partial charge in [-0.1, -0.05) is 35.1 Å². The van der Waals surface area contributed by atoms with Crippen molar-refractivity contribution in [1.82, 2.24) is 9.64 Å². The Labute approximate surface area is 115 Å². The molecule has 1 saturated heterocycles. The minimum atomic E-state index is -0.458. The van der Waals surface area contributed by atoms with Crippen LogP contribution >= 0.6 is 0 Å². The molecular weight excluding hydrogens is 260 g/mol. The number of rotatable bonds is 1. The molecule has 2 heterocycles. The summed E-state index contributed by atoms with van der Waals surface area (Å²) in [5.41, 5.74) is 0.304. The molecule has 0 atom stereocenters. The summed E-state index contributed by atoms with van der Waals surface area (Å²) in [7, 11) is 0. The number of morpholine rings is 1. The Morgan fingerprint density at radius 1 is 1.10 bits per heavy atom. The Kier molecular flexibility index (Phi) is 3.39. The number of carbonyl (C=O) groups is 1. The van der Waals surface area contributed by atoms with Crippen molar-refractivity contribution in [2.24, 2.45) is 0 Å². The number of ether oxygens (including phenoxy) is 1. The molecule has 1 aliphatic heterocycles. The molecule has 1 amide bonds. The van der Waals surface area contributed by atoms with E-state index in [1.54, 1.807) is 4.90 Å². The highest BCUT2D eigenvalue weighted by Crippen LogP contribution is 2.17. The van der Waals surface area contributed by atoms with E-state index >= 15 is 0 Å². The van der Waals surface area contributed by atoms with Gasteiger partial charge < -0.3 is 14.2 Å². The molecule has 1 aromatic heterocycles. The highest BCUT2D eigenvalue weighted by molar-refractivity contribution is 5.76. The third kappa shape index (κ3) is 2.37. The van der Waals surface area contributed by atoms with E-state index in [9.17, 15) is 9.59 Å². The quantitative estimate of drug-likeness (QED) is 0.788. The normalized spacial score (nSPS) is 15.3. The molecule has 0 bridgehead atoms. The molecule has 0 radical (unpaired) electrons. The standard InChI is InChI=1S/C14H14N2O4/c17-13-10-12(11-4-2-1-3-5-11)20-16(13)14(18)15-6-8-19-9-7-15/h1-5,10H,6-9H2. The highest BCUT2D eigenvalue weighted by Gasteiger charge is 2.22. The van der Waals surface area contributed by atoms with Gasteiger partial charge in [0, 0.05) is 18.7 Å². The summed E-state index contributed by atoms with van der Waals surface area (Å²) in [5, 5.41) is 0. The molecule has 2 aromatic rings. The molecule has 0 aliphatic carbocycles. The van der Waals surface area contributed by atoms with Crippen LogP contribution in [0, 0.1) is 0 Å². The molecule has 1 fully saturated rings. The minimum Gasteiger partial charge on any atom is -0.378 e. The fraction of sp³-hybridized carbons (Fsp3) is 0.286. The molecule has 0 spiro atoms. The van der Waals surface area contributed by atoms with Crippen molar-refractivity contribution in [2.75, 3.05) is 26.3 Å². The van der Waals surface area contributed by atoms with E-state index in [0.29, 0.717) is 32.1 Å². The molecule has 1 aliphatic rings. The predicted octanol–water partition coefficient (Wildman–Crippen LogP) is 1.41. The third-order valence-electron chi connectivity index (χ3n) is 3.16. The summed E-state index contributed by atoms with van der Waals surface area (Å²) in [6.07, 6.45) is 0. The average Bonchev–Trinajstić information content (AvgIpc) is 2.90. The first kappa shape index (κ1) is 12.7. The van der Waals surface area contributed by atoms with Crippen LogP contribution in [0.3, 0.4) is 0 Å². The first-order valence-electron chi connectivity index (χ1n) is 6.41. The van der Waals surface area contributed by atoms with Gasteiger partial charge in [0.1, 0.15) is 0 Å². The Morgan fingerprint density at radius 3 is 2.50 bits per heavy atom. The van der Waals surface area contributed by atoms with Crippen molar-refractivity contribution in [3.8, 4) is 11.3 Å². The number of benzene rings is 1. The molecule has 104 valence electrons. The summed E-state index contributed by atoms with van der Waals surface area (Å²) in [4.78, 5) is 25.6. The number of nitrogens with zero attached hydrogens (tertiary/aromatic N) is 2. The van der Waals surface area contributed by atoms with Gasteiger partial charge in [-0.25, -0.2) is 4.79 Å². The van der Waals surface area contributed by atoms with Gasteiger partial charge in [0.2, 0.25) is 0 Å². The van der Waals surface area contributed by atoms with Gasteiger partial charge in [0.15, 0.2) is 5.76 Å². The lowest BCUT2D eigenvalue weighted by atomic mass is 10.2. The van der Waals surface area contributed by atoms with Crippen molar-refractivity contribution >= 4 is 6.03 Å². The zero-order valence-corrected chi connectivity index (χ0v) is 10.8. The number of amides is 1. The fourth-order valence-electron chi connectivity index (χ4n) is 2.10. The molecule has 0 saturated carbocycles. The Balaban J connectivity index is 1.89. The SMILES string of the molecule is O=C(N1CCOCC1)n1oc(-c2ccccc2)cc1=O. The van der Waals surface area contributed by atoms with Crippen LogP contribution in [0.15, 0.2) is 45.7 Å². The van der Waals surface area contributed by atoms with Crippen molar-refractivity contribution in [2.45, 2.75) is 0 Å².